The van der Waals surface area contributed by atoms with Gasteiger partial charge in [0.05, 0.1) is 0 Å². The second kappa shape index (κ2) is 19.6. The predicted molar refractivity (Wildman–Crippen MR) is 127 cm³/mol. The van der Waals surface area contributed by atoms with Gasteiger partial charge in [0.2, 0.25) is 0 Å². The molecule has 1 rings (SSSR count). The van der Waals surface area contributed by atoms with Gasteiger partial charge in [0.1, 0.15) is 0 Å². The van der Waals surface area contributed by atoms with Crippen LogP contribution in [-0.2, 0) is 0 Å². The van der Waals surface area contributed by atoms with Crippen molar-refractivity contribution in [3.8, 4) is 0 Å². The molecule has 0 saturated carbocycles. The van der Waals surface area contributed by atoms with E-state index in [2.05, 4.69) is 12.2 Å². The van der Waals surface area contributed by atoms with E-state index >= 15 is 0 Å². The van der Waals surface area contributed by atoms with Crippen molar-refractivity contribution < 1.29 is 4.79 Å². The van der Waals surface area contributed by atoms with Crippen molar-refractivity contribution >= 4 is 34.9 Å². The van der Waals surface area contributed by atoms with Crippen LogP contribution < -0.4 is 5.32 Å². The van der Waals surface area contributed by atoms with Crippen LogP contribution in [0.25, 0.3) is 0 Å². The average molecular weight is 431 g/mol. The van der Waals surface area contributed by atoms with Gasteiger partial charge < -0.3 is 5.32 Å². The zero-order valence-corrected chi connectivity index (χ0v) is 19.4. The van der Waals surface area contributed by atoms with Crippen LogP contribution in [0.5, 0.6) is 0 Å². The van der Waals surface area contributed by atoms with Crippen LogP contribution in [0.4, 0.5) is 5.69 Å². The first-order valence-electron chi connectivity index (χ1n) is 11.3. The highest BCUT2D eigenvalue weighted by molar-refractivity contribution is 6.67. The van der Waals surface area contributed by atoms with E-state index in [1.54, 1.807) is 12.1 Å². The molecule has 0 amide bonds. The summed E-state index contributed by atoms with van der Waals surface area (Å²) >= 11 is 5.45. The topological polar surface area (TPSA) is 29.1 Å². The lowest BCUT2D eigenvalue weighted by atomic mass is 10.0. The maximum absolute atomic E-state index is 11.0. The van der Waals surface area contributed by atoms with Gasteiger partial charge in [0.15, 0.2) is 0 Å². The standard InChI is InChI=1S/C24H40ClNO.ClH/c1-2-3-4-5-6-7-8-9-10-11-12-13-14-15-16-21-26-23-19-17-22(18-20-23)24(25)27;/h17-20,26H,2-16,21H2,1H3;1H. The third kappa shape index (κ3) is 15.2. The van der Waals surface area contributed by atoms with E-state index in [9.17, 15) is 4.79 Å². The Hall–Kier alpha value is -0.730. The van der Waals surface area contributed by atoms with Crippen molar-refractivity contribution in [1.82, 2.24) is 0 Å². The first-order valence-corrected chi connectivity index (χ1v) is 11.7. The lowest BCUT2D eigenvalue weighted by molar-refractivity contribution is 0.108. The molecule has 0 atom stereocenters. The molecule has 0 unspecified atom stereocenters. The van der Waals surface area contributed by atoms with Crippen LogP contribution in [0.2, 0.25) is 0 Å². The molecular formula is C24H41Cl2NO. The largest absolute Gasteiger partial charge is 0.385 e. The van der Waals surface area contributed by atoms with Crippen molar-refractivity contribution in [2.24, 2.45) is 0 Å². The molecule has 0 aromatic heterocycles. The fourth-order valence-electron chi connectivity index (χ4n) is 3.45. The van der Waals surface area contributed by atoms with Gasteiger partial charge in [-0.25, -0.2) is 0 Å². The molecular weight excluding hydrogens is 389 g/mol. The molecule has 0 aliphatic heterocycles. The monoisotopic (exact) mass is 429 g/mol. The van der Waals surface area contributed by atoms with Gasteiger partial charge in [-0.2, -0.15) is 0 Å². The summed E-state index contributed by atoms with van der Waals surface area (Å²) in [5.41, 5.74) is 1.61. The van der Waals surface area contributed by atoms with Gasteiger partial charge >= 0.3 is 0 Å². The van der Waals surface area contributed by atoms with Crippen LogP contribution in [0.1, 0.15) is 114 Å². The molecule has 1 aromatic rings. The van der Waals surface area contributed by atoms with Gasteiger partial charge in [0.25, 0.3) is 5.24 Å². The van der Waals surface area contributed by atoms with Crippen molar-refractivity contribution in [3.63, 3.8) is 0 Å². The van der Waals surface area contributed by atoms with Crippen LogP contribution >= 0.6 is 24.0 Å². The summed E-state index contributed by atoms with van der Waals surface area (Å²) in [6.45, 7) is 3.27. The Labute approximate surface area is 184 Å². The summed E-state index contributed by atoms with van der Waals surface area (Å²) in [4.78, 5) is 11.0. The average Bonchev–Trinajstić information content (AvgIpc) is 2.68. The highest BCUT2D eigenvalue weighted by Crippen LogP contribution is 2.14. The highest BCUT2D eigenvalue weighted by atomic mass is 35.5. The zero-order valence-electron chi connectivity index (χ0n) is 17.8. The number of halogens is 2. The third-order valence-corrected chi connectivity index (χ3v) is 5.44. The van der Waals surface area contributed by atoms with E-state index in [0.717, 1.165) is 12.2 Å². The summed E-state index contributed by atoms with van der Waals surface area (Å²) in [7, 11) is 0. The number of carbonyl (C=O) groups excluding carboxylic acids is 1. The Kier molecular flexibility index (Phi) is 19.1. The summed E-state index contributed by atoms with van der Waals surface area (Å²) in [6, 6.07) is 7.37. The van der Waals surface area contributed by atoms with Gasteiger partial charge in [-0.1, -0.05) is 96.8 Å². The number of anilines is 1. The third-order valence-electron chi connectivity index (χ3n) is 5.22. The van der Waals surface area contributed by atoms with Gasteiger partial charge in [-0.05, 0) is 42.3 Å². The van der Waals surface area contributed by atoms with Gasteiger partial charge in [0, 0.05) is 17.8 Å². The van der Waals surface area contributed by atoms with Crippen LogP contribution in [-0.4, -0.2) is 11.8 Å². The molecule has 0 aliphatic rings. The van der Waals surface area contributed by atoms with Gasteiger partial charge in [-0.15, -0.1) is 12.4 Å². The molecule has 1 N–H and O–H groups in total. The molecule has 0 heterocycles. The molecule has 0 spiro atoms. The van der Waals surface area contributed by atoms with Crippen LogP contribution in [0.3, 0.4) is 0 Å². The number of unbranched alkanes of at least 4 members (excludes halogenated alkanes) is 14. The highest BCUT2D eigenvalue weighted by Gasteiger charge is 2.00. The maximum atomic E-state index is 11.0. The van der Waals surface area contributed by atoms with Crippen LogP contribution in [0, 0.1) is 0 Å². The minimum atomic E-state index is -0.399. The predicted octanol–water partition coefficient (Wildman–Crippen LogP) is 8.77. The van der Waals surface area contributed by atoms with E-state index in [4.69, 9.17) is 11.6 Å². The Morgan fingerprint density at radius 2 is 1.11 bits per heavy atom. The molecule has 4 heteroatoms. The van der Waals surface area contributed by atoms with E-state index in [-0.39, 0.29) is 12.4 Å². The van der Waals surface area contributed by atoms with Crippen LogP contribution in [0.15, 0.2) is 24.3 Å². The molecule has 0 radical (unpaired) electrons. The van der Waals surface area contributed by atoms with E-state index in [0.29, 0.717) is 5.56 Å². The quantitative estimate of drug-likeness (QED) is 0.186. The molecule has 0 fully saturated rings. The van der Waals surface area contributed by atoms with E-state index < -0.39 is 5.24 Å². The molecule has 0 bridgehead atoms. The van der Waals surface area contributed by atoms with Crippen molar-refractivity contribution in [1.29, 1.82) is 0 Å². The molecule has 162 valence electrons. The molecule has 28 heavy (non-hydrogen) atoms. The number of hydrogen-bond acceptors (Lipinski definition) is 2. The Morgan fingerprint density at radius 3 is 1.50 bits per heavy atom. The second-order valence-corrected chi connectivity index (χ2v) is 8.07. The lowest BCUT2D eigenvalue weighted by Crippen LogP contribution is -2.01. The fraction of sp³-hybridized carbons (Fsp3) is 0.708. The maximum Gasteiger partial charge on any atom is 0.252 e. The number of nitrogens with one attached hydrogen (secondary N) is 1. The molecule has 2 nitrogen and oxygen atoms in total. The van der Waals surface area contributed by atoms with E-state index in [1.807, 2.05) is 12.1 Å². The molecule has 0 saturated heterocycles. The summed E-state index contributed by atoms with van der Waals surface area (Å²) < 4.78 is 0. The van der Waals surface area contributed by atoms with Gasteiger partial charge in [-0.3, -0.25) is 4.79 Å². The zero-order chi connectivity index (χ0) is 19.6. The summed E-state index contributed by atoms with van der Waals surface area (Å²) in [5, 5.41) is 3.00. The summed E-state index contributed by atoms with van der Waals surface area (Å²) in [5.74, 6) is 0. The number of rotatable bonds is 18. The minimum absolute atomic E-state index is 0. The minimum Gasteiger partial charge on any atom is -0.385 e. The Bertz CT molecular complexity index is 476. The first-order chi connectivity index (χ1) is 13.2. The lowest BCUT2D eigenvalue weighted by Gasteiger charge is -2.07. The Balaban J connectivity index is 0.00000729. The normalized spacial score (nSPS) is 10.5. The fourth-order valence-corrected chi connectivity index (χ4v) is 3.57. The summed E-state index contributed by atoms with van der Waals surface area (Å²) in [6.07, 6.45) is 20.9. The Morgan fingerprint density at radius 1 is 0.714 bits per heavy atom. The van der Waals surface area contributed by atoms with Crippen molar-refractivity contribution in [2.45, 2.75) is 103 Å². The smallest absolute Gasteiger partial charge is 0.252 e. The van der Waals surface area contributed by atoms with E-state index in [1.165, 1.54) is 96.3 Å². The number of hydrogen-bond donors (Lipinski definition) is 1. The van der Waals surface area contributed by atoms with Crippen molar-refractivity contribution in [2.75, 3.05) is 11.9 Å². The number of benzene rings is 1. The van der Waals surface area contributed by atoms with Crippen molar-refractivity contribution in [3.05, 3.63) is 29.8 Å². The second-order valence-electron chi connectivity index (χ2n) is 7.73. The molecule has 0 aliphatic carbocycles. The molecule has 1 aromatic carbocycles. The SMILES string of the molecule is CCCCCCCCCCCCCCCCCNc1ccc(C(=O)Cl)cc1.Cl. The number of carbonyl (C=O) groups is 1. The first kappa shape index (κ1) is 27.3.